The summed E-state index contributed by atoms with van der Waals surface area (Å²) in [6.45, 7) is 5.52. The first kappa shape index (κ1) is 11.6. The molecule has 1 aliphatic heterocycles. The van der Waals surface area contributed by atoms with Gasteiger partial charge in [-0.2, -0.15) is 0 Å². The minimum atomic E-state index is 0.128. The Morgan fingerprint density at radius 2 is 2.12 bits per heavy atom. The van der Waals surface area contributed by atoms with Crippen LogP contribution < -0.4 is 5.32 Å². The highest BCUT2D eigenvalue weighted by atomic mass is 16.5. The zero-order chi connectivity index (χ0) is 11.6. The first-order valence-corrected chi connectivity index (χ1v) is 6.04. The molecule has 2 rings (SSSR count). The van der Waals surface area contributed by atoms with E-state index in [9.17, 15) is 0 Å². The van der Waals surface area contributed by atoms with Crippen molar-refractivity contribution in [3.8, 4) is 0 Å². The van der Waals surface area contributed by atoms with E-state index in [1.54, 1.807) is 7.11 Å². The van der Waals surface area contributed by atoms with Gasteiger partial charge in [0.2, 0.25) is 0 Å². The fourth-order valence-electron chi connectivity index (χ4n) is 2.61. The zero-order valence-electron chi connectivity index (χ0n) is 10.4. The molecule has 1 aromatic rings. The van der Waals surface area contributed by atoms with E-state index in [1.165, 1.54) is 24.0 Å². The maximum absolute atomic E-state index is 5.45. The second-order valence-electron chi connectivity index (χ2n) is 4.83. The van der Waals surface area contributed by atoms with E-state index in [-0.39, 0.29) is 11.6 Å². The molecule has 2 heteroatoms. The van der Waals surface area contributed by atoms with Crippen molar-refractivity contribution >= 4 is 0 Å². The molecule has 0 spiro atoms. The molecule has 2 nitrogen and oxygen atoms in total. The average molecular weight is 219 g/mol. The molecule has 0 radical (unpaired) electrons. The molecule has 2 atom stereocenters. The van der Waals surface area contributed by atoms with Gasteiger partial charge in [-0.1, -0.05) is 24.3 Å². The highest BCUT2D eigenvalue weighted by Gasteiger charge is 2.32. The second kappa shape index (κ2) is 4.56. The van der Waals surface area contributed by atoms with E-state index in [0.29, 0.717) is 0 Å². The van der Waals surface area contributed by atoms with Gasteiger partial charge in [-0.3, -0.25) is 0 Å². The van der Waals surface area contributed by atoms with Gasteiger partial charge in [0.25, 0.3) is 0 Å². The van der Waals surface area contributed by atoms with Crippen LogP contribution in [0.25, 0.3) is 0 Å². The molecule has 0 bridgehead atoms. The van der Waals surface area contributed by atoms with Gasteiger partial charge in [0.05, 0.1) is 6.10 Å². The van der Waals surface area contributed by atoms with Crippen molar-refractivity contribution in [3.05, 3.63) is 35.4 Å². The molecule has 0 amide bonds. The van der Waals surface area contributed by atoms with Gasteiger partial charge in [-0.25, -0.2) is 0 Å². The molecule has 1 aliphatic rings. The first-order valence-electron chi connectivity index (χ1n) is 6.04. The molecule has 2 unspecified atom stereocenters. The van der Waals surface area contributed by atoms with Crippen LogP contribution in [0.3, 0.4) is 0 Å². The Hall–Kier alpha value is -0.860. The third-order valence-corrected chi connectivity index (χ3v) is 3.72. The van der Waals surface area contributed by atoms with Crippen molar-refractivity contribution in [1.82, 2.24) is 5.32 Å². The number of hydrogen-bond donors (Lipinski definition) is 1. The molecule has 88 valence electrons. The lowest BCUT2D eigenvalue weighted by Gasteiger charge is -2.29. The summed E-state index contributed by atoms with van der Waals surface area (Å²) in [6, 6.07) is 8.61. The van der Waals surface area contributed by atoms with Crippen LogP contribution in [0.5, 0.6) is 0 Å². The van der Waals surface area contributed by atoms with Crippen LogP contribution in [-0.4, -0.2) is 13.7 Å². The molecule has 0 aliphatic carbocycles. The maximum atomic E-state index is 5.45. The predicted octanol–water partition coefficient (Wildman–Crippen LogP) is 2.99. The Morgan fingerprint density at radius 1 is 1.38 bits per heavy atom. The second-order valence-corrected chi connectivity index (χ2v) is 4.83. The summed E-state index contributed by atoms with van der Waals surface area (Å²) in [4.78, 5) is 0. The van der Waals surface area contributed by atoms with Gasteiger partial charge in [0.15, 0.2) is 0 Å². The van der Waals surface area contributed by atoms with Gasteiger partial charge < -0.3 is 10.1 Å². The standard InChI is InChI=1S/C14H21NO/c1-11(16-3)12-7-4-5-8-13(12)14(2)9-6-10-15-14/h4-5,7-8,11,15H,6,9-10H2,1-3H3. The van der Waals surface area contributed by atoms with E-state index >= 15 is 0 Å². The van der Waals surface area contributed by atoms with Gasteiger partial charge in [-0.15, -0.1) is 0 Å². The Labute approximate surface area is 98.0 Å². The monoisotopic (exact) mass is 219 g/mol. The topological polar surface area (TPSA) is 21.3 Å². The minimum Gasteiger partial charge on any atom is -0.377 e. The van der Waals surface area contributed by atoms with Crippen LogP contribution in [0.15, 0.2) is 24.3 Å². The lowest BCUT2D eigenvalue weighted by Crippen LogP contribution is -2.34. The molecule has 1 N–H and O–H groups in total. The number of rotatable bonds is 3. The summed E-state index contributed by atoms with van der Waals surface area (Å²) in [7, 11) is 1.77. The number of benzene rings is 1. The van der Waals surface area contributed by atoms with Crippen molar-refractivity contribution in [2.24, 2.45) is 0 Å². The van der Waals surface area contributed by atoms with Gasteiger partial charge in [0, 0.05) is 12.6 Å². The Morgan fingerprint density at radius 3 is 2.75 bits per heavy atom. The molecule has 0 aromatic heterocycles. The third-order valence-electron chi connectivity index (χ3n) is 3.72. The van der Waals surface area contributed by atoms with E-state index in [4.69, 9.17) is 4.74 Å². The van der Waals surface area contributed by atoms with Gasteiger partial charge >= 0.3 is 0 Å². The van der Waals surface area contributed by atoms with Crippen LogP contribution in [0.1, 0.15) is 43.9 Å². The molecule has 1 fully saturated rings. The smallest absolute Gasteiger partial charge is 0.0796 e. The Bertz CT molecular complexity index is 356. The van der Waals surface area contributed by atoms with Crippen molar-refractivity contribution in [1.29, 1.82) is 0 Å². The molecular formula is C14H21NO. The van der Waals surface area contributed by atoms with E-state index in [0.717, 1.165) is 6.54 Å². The Kier molecular flexibility index (Phi) is 3.31. The highest BCUT2D eigenvalue weighted by molar-refractivity contribution is 5.35. The fourth-order valence-corrected chi connectivity index (χ4v) is 2.61. The number of nitrogens with one attached hydrogen (secondary N) is 1. The van der Waals surface area contributed by atoms with Crippen LogP contribution in [0.4, 0.5) is 0 Å². The summed E-state index contributed by atoms with van der Waals surface area (Å²) < 4.78 is 5.45. The highest BCUT2D eigenvalue weighted by Crippen LogP contribution is 2.35. The largest absolute Gasteiger partial charge is 0.377 e. The fraction of sp³-hybridized carbons (Fsp3) is 0.571. The predicted molar refractivity (Wildman–Crippen MR) is 66.5 cm³/mol. The zero-order valence-corrected chi connectivity index (χ0v) is 10.4. The van der Waals surface area contributed by atoms with Crippen molar-refractivity contribution in [3.63, 3.8) is 0 Å². The molecule has 1 heterocycles. The SMILES string of the molecule is COC(C)c1ccccc1C1(C)CCCN1. The van der Waals surface area contributed by atoms with Crippen molar-refractivity contribution in [2.45, 2.75) is 38.3 Å². The van der Waals surface area contributed by atoms with Crippen LogP contribution in [-0.2, 0) is 10.3 Å². The average Bonchev–Trinajstić information content (AvgIpc) is 2.76. The van der Waals surface area contributed by atoms with Crippen LogP contribution >= 0.6 is 0 Å². The van der Waals surface area contributed by atoms with Crippen LogP contribution in [0.2, 0.25) is 0 Å². The van der Waals surface area contributed by atoms with Crippen molar-refractivity contribution < 1.29 is 4.74 Å². The number of methoxy groups -OCH3 is 1. The molecule has 1 saturated heterocycles. The van der Waals surface area contributed by atoms with Gasteiger partial charge in [-0.05, 0) is 44.4 Å². The van der Waals surface area contributed by atoms with E-state index in [1.807, 2.05) is 0 Å². The lowest BCUT2D eigenvalue weighted by atomic mass is 9.85. The normalized spacial score (nSPS) is 26.9. The molecule has 1 aromatic carbocycles. The minimum absolute atomic E-state index is 0.128. The van der Waals surface area contributed by atoms with Gasteiger partial charge in [0.1, 0.15) is 0 Å². The lowest BCUT2D eigenvalue weighted by molar-refractivity contribution is 0.117. The number of ether oxygens (including phenoxy) is 1. The van der Waals surface area contributed by atoms with Crippen LogP contribution in [0, 0.1) is 0 Å². The summed E-state index contributed by atoms with van der Waals surface area (Å²) in [6.07, 6.45) is 2.63. The molecular weight excluding hydrogens is 198 g/mol. The Balaban J connectivity index is 2.39. The quantitative estimate of drug-likeness (QED) is 0.843. The molecule has 0 saturated carbocycles. The summed E-state index contributed by atoms with van der Waals surface area (Å²) >= 11 is 0. The summed E-state index contributed by atoms with van der Waals surface area (Å²) in [5, 5.41) is 3.61. The summed E-state index contributed by atoms with van der Waals surface area (Å²) in [5.74, 6) is 0. The maximum Gasteiger partial charge on any atom is 0.0796 e. The number of hydrogen-bond acceptors (Lipinski definition) is 2. The van der Waals surface area contributed by atoms with E-state index in [2.05, 4.69) is 43.4 Å². The first-order chi connectivity index (χ1) is 7.67. The van der Waals surface area contributed by atoms with E-state index < -0.39 is 0 Å². The summed E-state index contributed by atoms with van der Waals surface area (Å²) in [5.41, 5.74) is 2.83. The third kappa shape index (κ3) is 2.00. The van der Waals surface area contributed by atoms with Crippen molar-refractivity contribution in [2.75, 3.05) is 13.7 Å². The molecule has 16 heavy (non-hydrogen) atoms.